The average molecular weight is 182 g/mol. The molecular formula is C6H7NaO5. The van der Waals surface area contributed by atoms with Gasteiger partial charge >= 0.3 is 35.5 Å². The van der Waals surface area contributed by atoms with Gasteiger partial charge in [0.1, 0.15) is 12.4 Å². The van der Waals surface area contributed by atoms with Gasteiger partial charge < -0.3 is 14.6 Å². The van der Waals surface area contributed by atoms with Gasteiger partial charge in [0.25, 0.3) is 0 Å². The molecule has 6 heteroatoms. The van der Waals surface area contributed by atoms with Crippen LogP contribution in [0, 0.1) is 0 Å². The van der Waals surface area contributed by atoms with Crippen molar-refractivity contribution in [3.63, 3.8) is 0 Å². The number of ether oxygens (including phenoxy) is 1. The van der Waals surface area contributed by atoms with Crippen molar-refractivity contribution in [2.24, 2.45) is 0 Å². The number of aliphatic carboxylic acids is 1. The standard InChI is InChI=1S/C6H8O5.Na/c1-2-11-5(8)3-4(7)6(9)10;/h2-3H2,1H3,(H,9,10);/q;+1/p-1. The van der Waals surface area contributed by atoms with Gasteiger partial charge in [0.15, 0.2) is 5.78 Å². The number of carbonyl (C=O) groups excluding carboxylic acids is 3. The minimum atomic E-state index is -1.86. The second-order valence-corrected chi connectivity index (χ2v) is 1.69. The molecule has 0 N–H and O–H groups in total. The van der Waals surface area contributed by atoms with Gasteiger partial charge in [-0.15, -0.1) is 0 Å². The molecule has 62 valence electrons. The normalized spacial score (nSPS) is 8.08. The average Bonchev–Trinajstić information content (AvgIpc) is 1.87. The molecule has 0 radical (unpaired) electrons. The fourth-order valence-electron chi connectivity index (χ4n) is 0.415. The van der Waals surface area contributed by atoms with Gasteiger partial charge in [0.2, 0.25) is 0 Å². The van der Waals surface area contributed by atoms with Crippen LogP contribution in [0.2, 0.25) is 0 Å². The van der Waals surface area contributed by atoms with Gasteiger partial charge in [-0.3, -0.25) is 9.59 Å². The summed E-state index contributed by atoms with van der Waals surface area (Å²) in [5, 5.41) is 9.77. The van der Waals surface area contributed by atoms with E-state index in [9.17, 15) is 19.5 Å². The van der Waals surface area contributed by atoms with Crippen molar-refractivity contribution >= 4 is 17.7 Å². The Morgan fingerprint density at radius 2 is 1.83 bits per heavy atom. The van der Waals surface area contributed by atoms with E-state index in [1.165, 1.54) is 0 Å². The second kappa shape index (κ2) is 7.27. The minimum absolute atomic E-state index is 0. The Bertz CT molecular complexity index is 188. The molecule has 0 amide bonds. The summed E-state index contributed by atoms with van der Waals surface area (Å²) in [6.07, 6.45) is -0.754. The van der Waals surface area contributed by atoms with Gasteiger partial charge in [-0.25, -0.2) is 0 Å². The van der Waals surface area contributed by atoms with Gasteiger partial charge in [-0.2, -0.15) is 0 Å². The van der Waals surface area contributed by atoms with Crippen LogP contribution in [0.4, 0.5) is 0 Å². The monoisotopic (exact) mass is 182 g/mol. The number of Topliss-reactive ketones (excluding diaryl/α,β-unsaturated/α-hetero) is 1. The van der Waals surface area contributed by atoms with E-state index in [0.29, 0.717) is 0 Å². The predicted molar refractivity (Wildman–Crippen MR) is 31.3 cm³/mol. The molecule has 0 aliphatic heterocycles. The Morgan fingerprint density at radius 3 is 2.17 bits per heavy atom. The number of hydrogen-bond donors (Lipinski definition) is 0. The summed E-state index contributed by atoms with van der Waals surface area (Å²) in [5.74, 6) is -3.97. The first-order valence-electron chi connectivity index (χ1n) is 2.97. The summed E-state index contributed by atoms with van der Waals surface area (Å²) >= 11 is 0. The van der Waals surface area contributed by atoms with E-state index in [0.717, 1.165) is 0 Å². The molecule has 0 bridgehead atoms. The quantitative estimate of drug-likeness (QED) is 0.189. The third-order valence-electron chi connectivity index (χ3n) is 0.838. The van der Waals surface area contributed by atoms with Crippen LogP contribution in [0.5, 0.6) is 0 Å². The van der Waals surface area contributed by atoms with Crippen LogP contribution in [0.15, 0.2) is 0 Å². The van der Waals surface area contributed by atoms with Crippen LogP contribution >= 0.6 is 0 Å². The summed E-state index contributed by atoms with van der Waals surface area (Å²) in [4.78, 5) is 30.5. The Labute approximate surface area is 91.4 Å². The largest absolute Gasteiger partial charge is 1.00 e. The summed E-state index contributed by atoms with van der Waals surface area (Å²) in [5.41, 5.74) is 0. The van der Waals surface area contributed by atoms with E-state index >= 15 is 0 Å². The van der Waals surface area contributed by atoms with Crippen molar-refractivity contribution in [3.05, 3.63) is 0 Å². The zero-order valence-electron chi connectivity index (χ0n) is 6.96. The fourth-order valence-corrected chi connectivity index (χ4v) is 0.415. The molecular weight excluding hydrogens is 175 g/mol. The fraction of sp³-hybridized carbons (Fsp3) is 0.500. The topological polar surface area (TPSA) is 83.5 Å². The molecule has 0 heterocycles. The van der Waals surface area contributed by atoms with Crippen molar-refractivity contribution in [2.75, 3.05) is 6.61 Å². The molecule has 0 aromatic carbocycles. The van der Waals surface area contributed by atoms with Crippen molar-refractivity contribution in [1.82, 2.24) is 0 Å². The van der Waals surface area contributed by atoms with Gasteiger partial charge in [0.05, 0.1) is 6.61 Å². The molecule has 0 unspecified atom stereocenters. The Balaban J connectivity index is 0. The Kier molecular flexibility index (Phi) is 8.57. The van der Waals surface area contributed by atoms with Crippen LogP contribution in [-0.4, -0.2) is 24.3 Å². The van der Waals surface area contributed by atoms with Crippen molar-refractivity contribution < 1.29 is 53.8 Å². The molecule has 0 spiro atoms. The predicted octanol–water partition coefficient (Wildman–Crippen LogP) is -4.74. The summed E-state index contributed by atoms with van der Waals surface area (Å²) in [6, 6.07) is 0. The molecule has 0 saturated carbocycles. The first-order chi connectivity index (χ1) is 5.07. The van der Waals surface area contributed by atoms with E-state index in [1.54, 1.807) is 6.92 Å². The van der Waals surface area contributed by atoms with E-state index in [4.69, 9.17) is 0 Å². The molecule has 0 fully saturated rings. The number of carboxylic acids is 1. The van der Waals surface area contributed by atoms with E-state index < -0.39 is 24.1 Å². The summed E-state index contributed by atoms with van der Waals surface area (Å²) in [7, 11) is 0. The Hall–Kier alpha value is -0.390. The molecule has 0 aliphatic carbocycles. The Morgan fingerprint density at radius 1 is 1.33 bits per heavy atom. The van der Waals surface area contributed by atoms with E-state index in [1.807, 2.05) is 0 Å². The number of ketones is 1. The molecule has 0 saturated heterocycles. The number of esters is 1. The van der Waals surface area contributed by atoms with Crippen LogP contribution in [0.1, 0.15) is 13.3 Å². The first-order valence-corrected chi connectivity index (χ1v) is 2.97. The van der Waals surface area contributed by atoms with Crippen LogP contribution < -0.4 is 34.7 Å². The SMILES string of the molecule is CCOC(=O)CC(=O)C(=O)[O-].[Na+]. The molecule has 12 heavy (non-hydrogen) atoms. The minimum Gasteiger partial charge on any atom is -0.542 e. The van der Waals surface area contributed by atoms with Gasteiger partial charge in [-0.05, 0) is 6.92 Å². The van der Waals surface area contributed by atoms with Crippen molar-refractivity contribution in [3.8, 4) is 0 Å². The smallest absolute Gasteiger partial charge is 0.542 e. The van der Waals surface area contributed by atoms with Gasteiger partial charge in [-0.1, -0.05) is 0 Å². The van der Waals surface area contributed by atoms with E-state index in [2.05, 4.69) is 4.74 Å². The van der Waals surface area contributed by atoms with Crippen molar-refractivity contribution in [2.45, 2.75) is 13.3 Å². The summed E-state index contributed by atoms with van der Waals surface area (Å²) in [6.45, 7) is 1.68. The zero-order chi connectivity index (χ0) is 8.85. The molecule has 5 nitrogen and oxygen atoms in total. The molecule has 0 aliphatic rings. The number of carbonyl (C=O) groups is 3. The van der Waals surface area contributed by atoms with Crippen molar-refractivity contribution in [1.29, 1.82) is 0 Å². The van der Waals surface area contributed by atoms with Crippen LogP contribution in [-0.2, 0) is 19.1 Å². The molecule has 0 rings (SSSR count). The zero-order valence-corrected chi connectivity index (χ0v) is 8.96. The second-order valence-electron chi connectivity index (χ2n) is 1.69. The number of carboxylic acid groups (broad SMARTS) is 1. The molecule has 0 atom stereocenters. The number of rotatable bonds is 4. The first kappa shape index (κ1) is 14.2. The maximum Gasteiger partial charge on any atom is 1.00 e. The van der Waals surface area contributed by atoms with Gasteiger partial charge in [0, 0.05) is 0 Å². The van der Waals surface area contributed by atoms with E-state index in [-0.39, 0.29) is 36.2 Å². The maximum absolute atomic E-state index is 10.4. The molecule has 0 aromatic heterocycles. The van der Waals surface area contributed by atoms with Crippen LogP contribution in [0.25, 0.3) is 0 Å². The summed E-state index contributed by atoms with van der Waals surface area (Å²) < 4.78 is 4.31. The third kappa shape index (κ3) is 6.33. The van der Waals surface area contributed by atoms with Crippen LogP contribution in [0.3, 0.4) is 0 Å². The number of hydrogen-bond acceptors (Lipinski definition) is 5. The molecule has 0 aromatic rings. The third-order valence-corrected chi connectivity index (χ3v) is 0.838. The maximum atomic E-state index is 10.4.